The predicted octanol–water partition coefficient (Wildman–Crippen LogP) is 4.11. The van der Waals surface area contributed by atoms with Gasteiger partial charge in [0.1, 0.15) is 0 Å². The van der Waals surface area contributed by atoms with Crippen LogP contribution in [0.15, 0.2) is 78.9 Å². The van der Waals surface area contributed by atoms with E-state index in [0.29, 0.717) is 23.4 Å². The summed E-state index contributed by atoms with van der Waals surface area (Å²) in [6.07, 6.45) is 0.701. The van der Waals surface area contributed by atoms with Gasteiger partial charge < -0.3 is 15.4 Å². The standard InChI is InChI=1S/C23H22N2O3/c1-24-21-14-8-6-12-19(21)23(27)28-16-22(26)25-20-13-7-5-11-18(20)15-17-9-3-2-4-10-17/h2-14,24H,15-16H2,1H3,(H,25,26). The van der Waals surface area contributed by atoms with Gasteiger partial charge in [-0.25, -0.2) is 4.79 Å². The fraction of sp³-hybridized carbons (Fsp3) is 0.130. The molecule has 28 heavy (non-hydrogen) atoms. The Labute approximate surface area is 164 Å². The number of rotatable bonds is 7. The zero-order valence-electron chi connectivity index (χ0n) is 15.6. The van der Waals surface area contributed by atoms with Crippen LogP contribution in [0.25, 0.3) is 0 Å². The second-order valence-corrected chi connectivity index (χ2v) is 6.24. The molecule has 142 valence electrons. The first kappa shape index (κ1) is 19.2. The van der Waals surface area contributed by atoms with Gasteiger partial charge in [0, 0.05) is 18.4 Å². The lowest BCUT2D eigenvalue weighted by atomic mass is 10.0. The van der Waals surface area contributed by atoms with Gasteiger partial charge in [0.15, 0.2) is 6.61 Å². The van der Waals surface area contributed by atoms with E-state index in [0.717, 1.165) is 11.1 Å². The molecule has 0 atom stereocenters. The molecular formula is C23H22N2O3. The number of benzene rings is 3. The fourth-order valence-corrected chi connectivity index (χ4v) is 2.89. The molecule has 0 aliphatic carbocycles. The van der Waals surface area contributed by atoms with Gasteiger partial charge in [0.2, 0.25) is 0 Å². The highest BCUT2D eigenvalue weighted by molar-refractivity contribution is 5.98. The number of hydrogen-bond acceptors (Lipinski definition) is 4. The Kier molecular flexibility index (Phi) is 6.41. The van der Waals surface area contributed by atoms with E-state index in [4.69, 9.17) is 4.74 Å². The van der Waals surface area contributed by atoms with Crippen molar-refractivity contribution in [1.29, 1.82) is 0 Å². The quantitative estimate of drug-likeness (QED) is 0.611. The van der Waals surface area contributed by atoms with Crippen LogP contribution in [-0.4, -0.2) is 25.5 Å². The monoisotopic (exact) mass is 374 g/mol. The normalized spacial score (nSPS) is 10.2. The Morgan fingerprint density at radius 1 is 0.821 bits per heavy atom. The number of esters is 1. The van der Waals surface area contributed by atoms with Gasteiger partial charge in [-0.05, 0) is 35.7 Å². The Morgan fingerprint density at radius 3 is 2.21 bits per heavy atom. The highest BCUT2D eigenvalue weighted by Gasteiger charge is 2.14. The highest BCUT2D eigenvalue weighted by Crippen LogP contribution is 2.19. The van der Waals surface area contributed by atoms with E-state index in [9.17, 15) is 9.59 Å². The molecule has 5 nitrogen and oxygen atoms in total. The molecule has 0 fully saturated rings. The number of anilines is 2. The minimum atomic E-state index is -0.544. The van der Waals surface area contributed by atoms with Crippen molar-refractivity contribution in [3.05, 3.63) is 95.6 Å². The largest absolute Gasteiger partial charge is 0.452 e. The van der Waals surface area contributed by atoms with E-state index >= 15 is 0 Å². The maximum Gasteiger partial charge on any atom is 0.340 e. The maximum atomic E-state index is 12.3. The molecule has 2 N–H and O–H groups in total. The zero-order valence-corrected chi connectivity index (χ0v) is 15.6. The second-order valence-electron chi connectivity index (χ2n) is 6.24. The third-order valence-corrected chi connectivity index (χ3v) is 4.28. The molecule has 0 bridgehead atoms. The van der Waals surface area contributed by atoms with Crippen LogP contribution in [0.1, 0.15) is 21.5 Å². The molecule has 1 amide bonds. The van der Waals surface area contributed by atoms with Gasteiger partial charge in [-0.3, -0.25) is 4.79 Å². The molecule has 3 rings (SSSR count). The van der Waals surface area contributed by atoms with Crippen molar-refractivity contribution in [2.75, 3.05) is 24.3 Å². The van der Waals surface area contributed by atoms with Gasteiger partial charge in [-0.2, -0.15) is 0 Å². The summed E-state index contributed by atoms with van der Waals surface area (Å²) in [5, 5.41) is 5.77. The van der Waals surface area contributed by atoms with E-state index in [1.165, 1.54) is 0 Å². The number of para-hydroxylation sites is 2. The van der Waals surface area contributed by atoms with Gasteiger partial charge in [0.25, 0.3) is 5.91 Å². The smallest absolute Gasteiger partial charge is 0.340 e. The predicted molar refractivity (Wildman–Crippen MR) is 111 cm³/mol. The van der Waals surface area contributed by atoms with Crippen LogP contribution >= 0.6 is 0 Å². The molecular weight excluding hydrogens is 352 g/mol. The second kappa shape index (κ2) is 9.37. The highest BCUT2D eigenvalue weighted by atomic mass is 16.5. The summed E-state index contributed by atoms with van der Waals surface area (Å²) in [6.45, 7) is -0.351. The molecule has 0 aliphatic rings. The number of nitrogens with one attached hydrogen (secondary N) is 2. The lowest BCUT2D eigenvalue weighted by molar-refractivity contribution is -0.119. The average molecular weight is 374 g/mol. The lowest BCUT2D eigenvalue weighted by Crippen LogP contribution is -2.22. The number of hydrogen-bond donors (Lipinski definition) is 2. The van der Waals surface area contributed by atoms with Crippen LogP contribution < -0.4 is 10.6 Å². The number of carbonyl (C=O) groups is 2. The molecule has 0 saturated heterocycles. The summed E-state index contributed by atoms with van der Waals surface area (Å²) >= 11 is 0. The molecule has 0 heterocycles. The molecule has 0 saturated carbocycles. The van der Waals surface area contributed by atoms with Gasteiger partial charge in [-0.15, -0.1) is 0 Å². The van der Waals surface area contributed by atoms with Crippen LogP contribution in [-0.2, 0) is 16.0 Å². The van der Waals surface area contributed by atoms with Crippen LogP contribution in [0.5, 0.6) is 0 Å². The molecule has 0 aliphatic heterocycles. The van der Waals surface area contributed by atoms with E-state index < -0.39 is 5.97 Å². The van der Waals surface area contributed by atoms with E-state index in [-0.39, 0.29) is 12.5 Å². The van der Waals surface area contributed by atoms with Crippen LogP contribution in [0, 0.1) is 0 Å². The minimum absolute atomic E-state index is 0.351. The summed E-state index contributed by atoms with van der Waals surface area (Å²) in [7, 11) is 1.72. The van der Waals surface area contributed by atoms with Crippen LogP contribution in [0.4, 0.5) is 11.4 Å². The Balaban J connectivity index is 1.62. The first-order valence-electron chi connectivity index (χ1n) is 9.03. The Morgan fingerprint density at radius 2 is 1.46 bits per heavy atom. The van der Waals surface area contributed by atoms with Crippen molar-refractivity contribution in [3.63, 3.8) is 0 Å². The van der Waals surface area contributed by atoms with Gasteiger partial charge in [0.05, 0.1) is 5.56 Å². The molecule has 0 spiro atoms. The van der Waals surface area contributed by atoms with Gasteiger partial charge in [-0.1, -0.05) is 60.7 Å². The van der Waals surface area contributed by atoms with E-state index in [1.54, 1.807) is 25.2 Å². The molecule has 5 heteroatoms. The van der Waals surface area contributed by atoms with Crippen molar-refractivity contribution in [1.82, 2.24) is 0 Å². The lowest BCUT2D eigenvalue weighted by Gasteiger charge is -2.12. The summed E-state index contributed by atoms with van der Waals surface area (Å²) in [5.74, 6) is -0.923. The maximum absolute atomic E-state index is 12.3. The molecule has 0 aromatic heterocycles. The average Bonchev–Trinajstić information content (AvgIpc) is 2.74. The third-order valence-electron chi connectivity index (χ3n) is 4.28. The number of amides is 1. The van der Waals surface area contributed by atoms with E-state index in [1.807, 2.05) is 60.7 Å². The van der Waals surface area contributed by atoms with Crippen molar-refractivity contribution >= 4 is 23.3 Å². The van der Waals surface area contributed by atoms with Crippen molar-refractivity contribution in [2.24, 2.45) is 0 Å². The summed E-state index contributed by atoms with van der Waals surface area (Å²) in [4.78, 5) is 24.6. The SMILES string of the molecule is CNc1ccccc1C(=O)OCC(=O)Nc1ccccc1Cc1ccccc1. The number of ether oxygens (including phenoxy) is 1. The number of carbonyl (C=O) groups excluding carboxylic acids is 2. The minimum Gasteiger partial charge on any atom is -0.452 e. The van der Waals surface area contributed by atoms with E-state index in [2.05, 4.69) is 10.6 Å². The van der Waals surface area contributed by atoms with Crippen LogP contribution in [0.2, 0.25) is 0 Å². The first-order valence-corrected chi connectivity index (χ1v) is 9.03. The molecule has 3 aromatic rings. The fourth-order valence-electron chi connectivity index (χ4n) is 2.89. The molecule has 0 unspecified atom stereocenters. The molecule has 3 aromatic carbocycles. The molecule has 0 radical (unpaired) electrons. The topological polar surface area (TPSA) is 67.4 Å². The third kappa shape index (κ3) is 4.98. The Hall–Kier alpha value is -3.60. The summed E-state index contributed by atoms with van der Waals surface area (Å²) in [5.41, 5.74) is 3.90. The van der Waals surface area contributed by atoms with Crippen molar-refractivity contribution in [2.45, 2.75) is 6.42 Å². The Bertz CT molecular complexity index is 955. The zero-order chi connectivity index (χ0) is 19.8. The van der Waals surface area contributed by atoms with Gasteiger partial charge >= 0.3 is 5.97 Å². The first-order chi connectivity index (χ1) is 13.7. The van der Waals surface area contributed by atoms with Crippen molar-refractivity contribution < 1.29 is 14.3 Å². The van der Waals surface area contributed by atoms with Crippen LogP contribution in [0.3, 0.4) is 0 Å². The van der Waals surface area contributed by atoms with Crippen molar-refractivity contribution in [3.8, 4) is 0 Å². The summed E-state index contributed by atoms with van der Waals surface area (Å²) < 4.78 is 5.17. The summed E-state index contributed by atoms with van der Waals surface area (Å²) in [6, 6.07) is 24.6.